The van der Waals surface area contributed by atoms with Gasteiger partial charge in [0.25, 0.3) is 11.6 Å². The van der Waals surface area contributed by atoms with Gasteiger partial charge in [0.2, 0.25) is 0 Å². The molecule has 7 nitrogen and oxygen atoms in total. The Morgan fingerprint density at radius 1 is 1.19 bits per heavy atom. The maximum absolute atomic E-state index is 12.4. The molecule has 0 unspecified atom stereocenters. The Morgan fingerprint density at radius 2 is 1.81 bits per heavy atom. The lowest BCUT2D eigenvalue weighted by molar-refractivity contribution is -0.384. The number of carbonyl (C=O) groups is 1. The second kappa shape index (κ2) is 8.05. The summed E-state index contributed by atoms with van der Waals surface area (Å²) in [5, 5.41) is 14.4. The van der Waals surface area contributed by atoms with E-state index >= 15 is 0 Å². The van der Waals surface area contributed by atoms with E-state index < -0.39 is 16.9 Å². The average molecular weight is 379 g/mol. The molecular formula is C18H19ClN2O5. The molecule has 0 aliphatic rings. The minimum atomic E-state index is -0.864. The van der Waals surface area contributed by atoms with E-state index in [2.05, 4.69) is 5.32 Å². The van der Waals surface area contributed by atoms with E-state index in [1.165, 1.54) is 25.3 Å². The summed E-state index contributed by atoms with van der Waals surface area (Å²) in [5.41, 5.74) is 1.47. The molecule has 8 heteroatoms. The van der Waals surface area contributed by atoms with Crippen LogP contribution in [0.5, 0.6) is 11.5 Å². The van der Waals surface area contributed by atoms with Gasteiger partial charge in [0.05, 0.1) is 18.1 Å². The van der Waals surface area contributed by atoms with Gasteiger partial charge in [0.15, 0.2) is 6.10 Å². The Morgan fingerprint density at radius 3 is 2.35 bits per heavy atom. The number of hydrogen-bond donors (Lipinski definition) is 1. The largest absolute Gasteiger partial charge is 0.496 e. The number of nitro groups is 1. The minimum absolute atomic E-state index is 0.0692. The van der Waals surface area contributed by atoms with Crippen molar-refractivity contribution in [3.05, 3.63) is 56.6 Å². The molecule has 1 N–H and O–H groups in total. The zero-order valence-corrected chi connectivity index (χ0v) is 15.6. The molecule has 138 valence electrons. The van der Waals surface area contributed by atoms with Crippen molar-refractivity contribution in [3.63, 3.8) is 0 Å². The molecule has 1 atom stereocenters. The van der Waals surface area contributed by atoms with Gasteiger partial charge in [0.1, 0.15) is 17.2 Å². The first-order valence-electron chi connectivity index (χ1n) is 7.79. The molecule has 2 rings (SSSR count). The summed E-state index contributed by atoms with van der Waals surface area (Å²) in [6, 6.07) is 7.65. The Labute approximate surface area is 156 Å². The van der Waals surface area contributed by atoms with Crippen LogP contribution in [0.25, 0.3) is 0 Å². The number of halogens is 1. The van der Waals surface area contributed by atoms with Gasteiger partial charge in [-0.3, -0.25) is 14.9 Å². The highest BCUT2D eigenvalue weighted by molar-refractivity contribution is 6.32. The van der Waals surface area contributed by atoms with Crippen LogP contribution in [-0.4, -0.2) is 24.0 Å². The smallest absolute Gasteiger partial charge is 0.296 e. The van der Waals surface area contributed by atoms with Gasteiger partial charge in [-0.15, -0.1) is 0 Å². The van der Waals surface area contributed by atoms with E-state index in [4.69, 9.17) is 21.1 Å². The first-order chi connectivity index (χ1) is 12.2. The van der Waals surface area contributed by atoms with Gasteiger partial charge in [-0.1, -0.05) is 11.6 Å². The zero-order chi connectivity index (χ0) is 19.4. The van der Waals surface area contributed by atoms with E-state index in [9.17, 15) is 14.9 Å². The second-order valence-electron chi connectivity index (χ2n) is 5.76. The molecule has 1 amide bonds. The number of anilines is 1. The van der Waals surface area contributed by atoms with Crippen LogP contribution in [0.1, 0.15) is 18.1 Å². The molecule has 26 heavy (non-hydrogen) atoms. The van der Waals surface area contributed by atoms with Crippen LogP contribution >= 0.6 is 11.6 Å². The van der Waals surface area contributed by atoms with Crippen molar-refractivity contribution in [2.75, 3.05) is 12.4 Å². The normalized spacial score (nSPS) is 11.6. The van der Waals surface area contributed by atoms with Crippen molar-refractivity contribution in [2.45, 2.75) is 26.9 Å². The van der Waals surface area contributed by atoms with Crippen molar-refractivity contribution in [1.82, 2.24) is 0 Å². The number of nitrogens with zero attached hydrogens (tertiary/aromatic N) is 1. The fourth-order valence-electron chi connectivity index (χ4n) is 2.36. The van der Waals surface area contributed by atoms with E-state index in [0.717, 1.165) is 11.1 Å². The molecule has 0 bridgehead atoms. The predicted octanol–water partition coefficient (Wildman–Crippen LogP) is 4.28. The molecule has 0 heterocycles. The summed E-state index contributed by atoms with van der Waals surface area (Å²) in [7, 11) is 1.41. The molecule has 0 radical (unpaired) electrons. The molecule has 2 aromatic carbocycles. The van der Waals surface area contributed by atoms with Crippen LogP contribution in [0.4, 0.5) is 11.4 Å². The van der Waals surface area contributed by atoms with Crippen molar-refractivity contribution in [3.8, 4) is 11.5 Å². The van der Waals surface area contributed by atoms with Crippen LogP contribution < -0.4 is 14.8 Å². The fourth-order valence-corrected chi connectivity index (χ4v) is 2.47. The summed E-state index contributed by atoms with van der Waals surface area (Å²) in [6.07, 6.45) is -0.864. The van der Waals surface area contributed by atoms with Gasteiger partial charge < -0.3 is 14.8 Å². The van der Waals surface area contributed by atoms with Crippen molar-refractivity contribution >= 4 is 28.9 Å². The highest BCUT2D eigenvalue weighted by Crippen LogP contribution is 2.30. The van der Waals surface area contributed by atoms with Gasteiger partial charge in [-0.2, -0.15) is 0 Å². The fraction of sp³-hybridized carbons (Fsp3) is 0.278. The molecule has 0 aromatic heterocycles. The summed E-state index contributed by atoms with van der Waals surface area (Å²) in [6.45, 7) is 5.24. The Bertz CT molecular complexity index is 830. The topological polar surface area (TPSA) is 90.7 Å². The number of hydrogen-bond acceptors (Lipinski definition) is 5. The lowest BCUT2D eigenvalue weighted by Crippen LogP contribution is -2.30. The molecule has 0 saturated carbocycles. The highest BCUT2D eigenvalue weighted by atomic mass is 35.5. The Kier molecular flexibility index (Phi) is 6.05. The standard InChI is InChI=1S/C18H19ClN2O5/c1-10-7-14(8-11(2)17(10)19)26-12(3)18(22)20-15-6-5-13(25-4)9-16(15)21(23)24/h5-9,12H,1-4H3,(H,20,22)/t12-/m1/s1. The predicted molar refractivity (Wildman–Crippen MR) is 99.3 cm³/mol. The van der Waals surface area contributed by atoms with Crippen molar-refractivity contribution in [2.24, 2.45) is 0 Å². The van der Waals surface area contributed by atoms with Gasteiger partial charge in [-0.25, -0.2) is 0 Å². The number of nitro benzene ring substituents is 1. The van der Waals surface area contributed by atoms with E-state index in [0.29, 0.717) is 16.5 Å². The lowest BCUT2D eigenvalue weighted by Gasteiger charge is -2.16. The molecule has 2 aromatic rings. The molecule has 0 aliphatic carbocycles. The average Bonchev–Trinajstić information content (AvgIpc) is 2.59. The third-order valence-electron chi connectivity index (χ3n) is 3.75. The van der Waals surface area contributed by atoms with Crippen LogP contribution in [0.2, 0.25) is 5.02 Å². The number of amides is 1. The van der Waals surface area contributed by atoms with Crippen LogP contribution in [-0.2, 0) is 4.79 Å². The maximum atomic E-state index is 12.4. The van der Waals surface area contributed by atoms with Crippen LogP contribution in [0, 0.1) is 24.0 Å². The number of rotatable bonds is 6. The summed E-state index contributed by atoms with van der Waals surface area (Å²) in [5.74, 6) is 0.311. The van der Waals surface area contributed by atoms with Gasteiger partial charge in [-0.05, 0) is 56.2 Å². The Balaban J connectivity index is 2.16. The minimum Gasteiger partial charge on any atom is -0.496 e. The SMILES string of the molecule is COc1ccc(NC(=O)[C@@H](C)Oc2cc(C)c(Cl)c(C)c2)c([N+](=O)[O-])c1. The van der Waals surface area contributed by atoms with Gasteiger partial charge in [0, 0.05) is 5.02 Å². The molecule has 0 fully saturated rings. The number of aryl methyl sites for hydroxylation is 2. The first kappa shape index (κ1) is 19.5. The molecular weight excluding hydrogens is 360 g/mol. The van der Waals surface area contributed by atoms with Gasteiger partial charge >= 0.3 is 0 Å². The lowest BCUT2D eigenvalue weighted by atomic mass is 10.1. The quantitative estimate of drug-likeness (QED) is 0.598. The third kappa shape index (κ3) is 4.43. The van der Waals surface area contributed by atoms with E-state index in [-0.39, 0.29) is 11.4 Å². The highest BCUT2D eigenvalue weighted by Gasteiger charge is 2.21. The van der Waals surface area contributed by atoms with Crippen LogP contribution in [0.15, 0.2) is 30.3 Å². The second-order valence-corrected chi connectivity index (χ2v) is 6.14. The summed E-state index contributed by atoms with van der Waals surface area (Å²) < 4.78 is 10.6. The zero-order valence-electron chi connectivity index (χ0n) is 14.8. The number of nitrogens with one attached hydrogen (secondary N) is 1. The molecule has 0 saturated heterocycles. The number of carbonyl (C=O) groups excluding carboxylic acids is 1. The van der Waals surface area contributed by atoms with E-state index in [1.807, 2.05) is 13.8 Å². The number of ether oxygens (including phenoxy) is 2. The van der Waals surface area contributed by atoms with Crippen molar-refractivity contribution < 1.29 is 19.2 Å². The maximum Gasteiger partial charge on any atom is 0.296 e. The first-order valence-corrected chi connectivity index (χ1v) is 8.17. The number of methoxy groups -OCH3 is 1. The van der Waals surface area contributed by atoms with Crippen molar-refractivity contribution in [1.29, 1.82) is 0 Å². The monoisotopic (exact) mass is 378 g/mol. The summed E-state index contributed by atoms with van der Waals surface area (Å²) >= 11 is 6.12. The Hall–Kier alpha value is -2.80. The van der Waals surface area contributed by atoms with Crippen LogP contribution in [0.3, 0.4) is 0 Å². The number of benzene rings is 2. The third-order valence-corrected chi connectivity index (χ3v) is 4.35. The summed E-state index contributed by atoms with van der Waals surface area (Å²) in [4.78, 5) is 23.0. The molecule has 0 aliphatic heterocycles. The molecule has 0 spiro atoms. The van der Waals surface area contributed by atoms with E-state index in [1.54, 1.807) is 19.1 Å².